The Hall–Kier alpha value is -0.160. The lowest BCUT2D eigenvalue weighted by Crippen LogP contribution is -1.61. The Kier molecular flexibility index (Phi) is 6.28. The molecular weight excluding hydrogens is 281 g/mol. The summed E-state index contributed by atoms with van der Waals surface area (Å²) in [6.07, 6.45) is 0. The number of fused-ring (bicyclic) bond motifs is 1. The molecule has 0 radical (unpaired) electrons. The van der Waals surface area contributed by atoms with Crippen LogP contribution in [0, 0.1) is 0 Å². The first-order valence-corrected chi connectivity index (χ1v) is 6.16. The smallest absolute Gasteiger partial charge is 0.0812 e. The fourth-order valence-electron chi connectivity index (χ4n) is 0.803. The molecular formula is C9H12INS. The average Bonchev–Trinajstić information content (AvgIpc) is 2.55. The van der Waals surface area contributed by atoms with E-state index in [0.717, 1.165) is 5.52 Å². The highest BCUT2D eigenvalue weighted by atomic mass is 127. The molecule has 0 aliphatic rings. The zero-order valence-corrected chi connectivity index (χ0v) is 9.09. The van der Waals surface area contributed by atoms with Crippen LogP contribution < -0.4 is 0 Å². The van der Waals surface area contributed by atoms with Gasteiger partial charge in [0.15, 0.2) is 0 Å². The highest BCUT2D eigenvalue weighted by Crippen LogP contribution is 2.15. The van der Waals surface area contributed by atoms with E-state index in [4.69, 9.17) is 0 Å². The lowest BCUT2D eigenvalue weighted by atomic mass is 10.3. The fourth-order valence-corrected chi connectivity index (χ4v) is 1.48. The van der Waals surface area contributed by atoms with Crippen LogP contribution in [0.1, 0.15) is 7.43 Å². The third kappa shape index (κ3) is 2.71. The molecule has 0 saturated heterocycles. The van der Waals surface area contributed by atoms with Gasteiger partial charge < -0.3 is 0 Å². The largest absolute Gasteiger partial charge is 0.245 e. The summed E-state index contributed by atoms with van der Waals surface area (Å²) in [7, 11) is 0. The number of halogens is 1. The molecule has 1 aromatic heterocycles. The van der Waals surface area contributed by atoms with Crippen LogP contribution in [-0.2, 0) is 0 Å². The third-order valence-electron chi connectivity index (χ3n) is 1.24. The van der Waals surface area contributed by atoms with E-state index in [2.05, 4.69) is 33.6 Å². The van der Waals surface area contributed by atoms with Gasteiger partial charge in [-0.2, -0.15) is 0 Å². The molecule has 0 N–H and O–H groups in total. The van der Waals surface area contributed by atoms with E-state index < -0.39 is 0 Å². The number of nitrogens with zero attached hydrogens (tertiary/aromatic N) is 1. The molecule has 3 heteroatoms. The van der Waals surface area contributed by atoms with Gasteiger partial charge in [0.25, 0.3) is 0 Å². The summed E-state index contributed by atoms with van der Waals surface area (Å²) in [5.74, 6) is 0. The Morgan fingerprint density at radius 1 is 1.25 bits per heavy atom. The molecule has 0 bridgehead atoms. The molecule has 0 unspecified atom stereocenters. The molecule has 0 aliphatic carbocycles. The average molecular weight is 293 g/mol. The van der Waals surface area contributed by atoms with Crippen molar-refractivity contribution in [3.63, 3.8) is 0 Å². The summed E-state index contributed by atoms with van der Waals surface area (Å²) < 4.78 is 1.26. The van der Waals surface area contributed by atoms with Gasteiger partial charge in [0, 0.05) is 0 Å². The van der Waals surface area contributed by atoms with E-state index in [-0.39, 0.29) is 7.43 Å². The predicted molar refractivity (Wildman–Crippen MR) is 66.3 cm³/mol. The van der Waals surface area contributed by atoms with Crippen molar-refractivity contribution >= 4 is 44.1 Å². The van der Waals surface area contributed by atoms with Gasteiger partial charge in [-0.3, -0.25) is 0 Å². The van der Waals surface area contributed by atoms with Crippen molar-refractivity contribution in [1.82, 2.24) is 4.98 Å². The molecule has 0 atom stereocenters. The predicted octanol–water partition coefficient (Wildman–Crippen LogP) is 3.98. The first kappa shape index (κ1) is 11.8. The normalized spacial score (nSPS) is 8.17. The summed E-state index contributed by atoms with van der Waals surface area (Å²) in [6.45, 7) is 0. The number of para-hydroxylation sites is 1. The van der Waals surface area contributed by atoms with Gasteiger partial charge in [0.1, 0.15) is 0 Å². The van der Waals surface area contributed by atoms with Gasteiger partial charge in [-0.25, -0.2) is 4.98 Å². The van der Waals surface area contributed by atoms with Gasteiger partial charge >= 0.3 is 0 Å². The Balaban J connectivity index is 0.000000378. The Morgan fingerprint density at radius 3 is 2.58 bits per heavy atom. The number of rotatable bonds is 0. The van der Waals surface area contributed by atoms with Gasteiger partial charge in [-0.15, -0.1) is 11.3 Å². The van der Waals surface area contributed by atoms with Crippen LogP contribution in [0.5, 0.6) is 0 Å². The number of thiazole rings is 1. The van der Waals surface area contributed by atoms with Crippen molar-refractivity contribution in [3.05, 3.63) is 29.8 Å². The van der Waals surface area contributed by atoms with Gasteiger partial charge in [-0.1, -0.05) is 42.2 Å². The quantitative estimate of drug-likeness (QED) is 0.529. The van der Waals surface area contributed by atoms with Crippen LogP contribution in [0.3, 0.4) is 0 Å². The first-order chi connectivity index (χ1) is 5.47. The first-order valence-electron chi connectivity index (χ1n) is 3.13. The molecule has 1 aromatic carbocycles. The lowest BCUT2D eigenvalue weighted by Gasteiger charge is -1.80. The van der Waals surface area contributed by atoms with Crippen LogP contribution in [0.25, 0.3) is 10.2 Å². The monoisotopic (exact) mass is 293 g/mol. The van der Waals surface area contributed by atoms with Crippen LogP contribution in [0.15, 0.2) is 29.8 Å². The SMILES string of the molecule is C.CI.c1ccc2scnc2c1. The van der Waals surface area contributed by atoms with E-state index in [1.54, 1.807) is 11.3 Å². The van der Waals surface area contributed by atoms with E-state index in [0.29, 0.717) is 0 Å². The summed E-state index contributed by atoms with van der Waals surface area (Å²) in [5.41, 5.74) is 2.97. The molecule has 0 saturated carbocycles. The summed E-state index contributed by atoms with van der Waals surface area (Å²) in [6, 6.07) is 8.13. The van der Waals surface area contributed by atoms with Crippen LogP contribution in [0.2, 0.25) is 0 Å². The lowest BCUT2D eigenvalue weighted by molar-refractivity contribution is 1.50. The highest BCUT2D eigenvalue weighted by molar-refractivity contribution is 14.1. The summed E-state index contributed by atoms with van der Waals surface area (Å²) in [5, 5.41) is 0. The Bertz CT molecular complexity index is 289. The van der Waals surface area contributed by atoms with Crippen molar-refractivity contribution in [1.29, 1.82) is 0 Å². The second-order valence-corrected chi connectivity index (χ2v) is 2.71. The van der Waals surface area contributed by atoms with Crippen LogP contribution >= 0.6 is 33.9 Å². The van der Waals surface area contributed by atoms with E-state index >= 15 is 0 Å². The number of benzene rings is 1. The second-order valence-electron chi connectivity index (χ2n) is 1.82. The van der Waals surface area contributed by atoms with Crippen molar-refractivity contribution in [3.8, 4) is 0 Å². The standard InChI is InChI=1S/C7H5NS.CH3I.CH4/c1-2-4-7-6(3-1)8-5-9-7;1-2;/h1-5H;1H3;1H4. The minimum atomic E-state index is 0. The Morgan fingerprint density at radius 2 is 1.92 bits per heavy atom. The van der Waals surface area contributed by atoms with Gasteiger partial charge in [0.2, 0.25) is 0 Å². The minimum Gasteiger partial charge on any atom is -0.245 e. The summed E-state index contributed by atoms with van der Waals surface area (Å²) in [4.78, 5) is 6.11. The van der Waals surface area contributed by atoms with Gasteiger partial charge in [-0.05, 0) is 17.1 Å². The number of aromatic nitrogens is 1. The number of hydrogen-bond donors (Lipinski definition) is 0. The second kappa shape index (κ2) is 6.37. The highest BCUT2D eigenvalue weighted by Gasteiger charge is 1.89. The van der Waals surface area contributed by atoms with Gasteiger partial charge in [0.05, 0.1) is 15.7 Å². The van der Waals surface area contributed by atoms with Crippen molar-refractivity contribution in [2.24, 2.45) is 0 Å². The van der Waals surface area contributed by atoms with Crippen LogP contribution in [-0.4, -0.2) is 9.91 Å². The van der Waals surface area contributed by atoms with E-state index in [1.807, 2.05) is 28.6 Å². The number of alkyl halides is 1. The molecule has 2 aromatic rings. The van der Waals surface area contributed by atoms with Crippen LogP contribution in [0.4, 0.5) is 0 Å². The minimum absolute atomic E-state index is 0. The van der Waals surface area contributed by atoms with Crippen molar-refractivity contribution in [2.45, 2.75) is 7.43 Å². The maximum absolute atomic E-state index is 4.14. The molecule has 2 rings (SSSR count). The molecule has 0 spiro atoms. The molecule has 0 amide bonds. The molecule has 1 nitrogen and oxygen atoms in total. The third-order valence-corrected chi connectivity index (χ3v) is 2.05. The van der Waals surface area contributed by atoms with Crippen molar-refractivity contribution in [2.75, 3.05) is 4.93 Å². The molecule has 12 heavy (non-hydrogen) atoms. The summed E-state index contributed by atoms with van der Waals surface area (Å²) >= 11 is 3.83. The van der Waals surface area contributed by atoms with E-state index in [9.17, 15) is 0 Å². The molecule has 0 aliphatic heterocycles. The van der Waals surface area contributed by atoms with E-state index in [1.165, 1.54) is 4.70 Å². The number of hydrogen-bond acceptors (Lipinski definition) is 2. The zero-order chi connectivity index (χ0) is 8.10. The Labute approximate surface area is 91.0 Å². The fraction of sp³-hybridized carbons (Fsp3) is 0.222. The topological polar surface area (TPSA) is 12.9 Å². The van der Waals surface area contributed by atoms with Crippen molar-refractivity contribution < 1.29 is 0 Å². The molecule has 66 valence electrons. The molecule has 1 heterocycles. The maximum atomic E-state index is 4.14. The molecule has 0 fully saturated rings. The maximum Gasteiger partial charge on any atom is 0.0812 e. The zero-order valence-electron chi connectivity index (χ0n) is 6.12.